The topological polar surface area (TPSA) is 20.2 Å². The average molecular weight is 854 g/mol. The smallest absolute Gasteiger partial charge is 0.202 e. The average Bonchev–Trinajstić information content (AvgIpc) is 2.23. The van der Waals surface area contributed by atoms with Crippen molar-refractivity contribution in [1.82, 2.24) is 0 Å². The number of aliphatic hydroxyl groups is 1. The lowest BCUT2D eigenvalue weighted by Crippen LogP contribution is -2.58. The molecule has 116 valence electrons. The molecule has 0 aromatic carbocycles. The Morgan fingerprint density at radius 1 is 0.895 bits per heavy atom. The summed E-state index contributed by atoms with van der Waals surface area (Å²) in [5, 5.41) is 10.2. The first kappa shape index (κ1) is 23.3. The molecule has 10 heteroatoms. The number of unbranched alkanes of at least 4 members (excludes halogenated alkanes) is 1. The first-order valence-corrected chi connectivity index (χ1v) is 12.4. The van der Waals surface area contributed by atoms with Crippen LogP contribution in [0, 0.1) is 0 Å². The molecule has 0 aliphatic rings. The Morgan fingerprint density at radius 2 is 1.32 bits per heavy atom. The van der Waals surface area contributed by atoms with E-state index in [4.69, 9.17) is 0 Å². The van der Waals surface area contributed by atoms with Gasteiger partial charge in [0.15, 0.2) is 3.23 Å². The fourth-order valence-corrected chi connectivity index (χ4v) is 7.97. The zero-order valence-electron chi connectivity index (χ0n) is 9.55. The van der Waals surface area contributed by atoms with Crippen LogP contribution in [0.2, 0.25) is 0 Å². The van der Waals surface area contributed by atoms with Gasteiger partial charge in [-0.3, -0.25) is 0 Å². The van der Waals surface area contributed by atoms with Gasteiger partial charge in [-0.15, -0.1) is 0 Å². The third-order valence-corrected chi connectivity index (χ3v) is 19.4. The van der Waals surface area contributed by atoms with E-state index < -0.39 is 13.1 Å². The molecule has 0 bridgehead atoms. The third-order valence-electron chi connectivity index (χ3n) is 2.40. The second kappa shape index (κ2) is 8.59. The predicted molar refractivity (Wildman–Crippen MR) is 117 cm³/mol. The zero-order chi connectivity index (χ0) is 15.7. The van der Waals surface area contributed by atoms with Gasteiger partial charge < -0.3 is 5.11 Å². The van der Waals surface area contributed by atoms with Gasteiger partial charge in [0.05, 0.1) is 0 Å². The molecule has 0 rings (SSSR count). The fraction of sp³-hybridized carbons (Fsp3) is 1.00. The minimum Gasteiger partial charge on any atom is -0.368 e. The van der Waals surface area contributed by atoms with Gasteiger partial charge in [0.1, 0.15) is 6.47 Å². The molecule has 1 N–H and O–H groups in total. The molecule has 0 aromatic rings. The Kier molecular flexibility index (Phi) is 10.5. The van der Waals surface area contributed by atoms with Crippen LogP contribution >= 0.6 is 143 Å². The van der Waals surface area contributed by atoms with Crippen LogP contribution in [0.15, 0.2) is 0 Å². The second-order valence-corrected chi connectivity index (χ2v) is 18.8. The van der Waals surface area contributed by atoms with Crippen molar-refractivity contribution in [2.45, 2.75) is 44.1 Å². The van der Waals surface area contributed by atoms with Crippen LogP contribution in [0.5, 0.6) is 0 Å². The van der Waals surface area contributed by atoms with E-state index >= 15 is 0 Å². The highest BCUT2D eigenvalue weighted by Crippen LogP contribution is 2.67. The summed E-state index contributed by atoms with van der Waals surface area (Å²) in [5.41, 5.74) is 0. The van der Waals surface area contributed by atoms with E-state index in [-0.39, 0.29) is 4.83 Å². The second-order valence-electron chi connectivity index (χ2n) is 3.92. The summed E-state index contributed by atoms with van der Waals surface area (Å²) in [6, 6.07) is 0. The quantitative estimate of drug-likeness (QED) is 0.259. The van der Waals surface area contributed by atoms with Crippen molar-refractivity contribution in [1.29, 1.82) is 0 Å². The monoisotopic (exact) mass is 845 g/mol. The van der Waals surface area contributed by atoms with Gasteiger partial charge in [0.25, 0.3) is 0 Å². The van der Waals surface area contributed by atoms with Gasteiger partial charge in [-0.25, -0.2) is 0 Å². The largest absolute Gasteiger partial charge is 0.368 e. The molecular weight excluding hydrogens is 843 g/mol. The molecule has 0 saturated carbocycles. The van der Waals surface area contributed by atoms with Crippen molar-refractivity contribution in [3.8, 4) is 0 Å². The molecule has 0 amide bonds. The first-order valence-electron chi connectivity index (χ1n) is 5.11. The maximum atomic E-state index is 10.2. The maximum absolute atomic E-state index is 10.2. The van der Waals surface area contributed by atoms with Gasteiger partial charge in [0, 0.05) is 4.83 Å². The summed E-state index contributed by atoms with van der Waals surface area (Å²) in [5.74, 6) is 0. The number of halogens is 9. The van der Waals surface area contributed by atoms with Gasteiger partial charge in [0.2, 0.25) is 3.42 Å². The van der Waals surface area contributed by atoms with Crippen LogP contribution in [0.25, 0.3) is 0 Å². The van der Waals surface area contributed by atoms with E-state index in [0.717, 1.165) is 19.3 Å². The SMILES string of the molecule is CCCCC(Br)C(Br)(Br)C(Br)(Br)C(Br)(Br)C(O)(Br)Br. The van der Waals surface area contributed by atoms with Crippen LogP contribution in [-0.4, -0.2) is 23.1 Å². The van der Waals surface area contributed by atoms with E-state index in [0.29, 0.717) is 0 Å². The van der Waals surface area contributed by atoms with Crippen molar-refractivity contribution in [2.24, 2.45) is 0 Å². The molecule has 0 radical (unpaired) electrons. The Hall–Kier alpha value is 4.28. The van der Waals surface area contributed by atoms with E-state index in [9.17, 15) is 5.11 Å². The van der Waals surface area contributed by atoms with Crippen LogP contribution in [0.1, 0.15) is 26.2 Å². The number of rotatable bonds is 7. The molecular formula is C9H11Br9O. The molecule has 0 fully saturated rings. The van der Waals surface area contributed by atoms with E-state index in [2.05, 4.69) is 150 Å². The lowest BCUT2D eigenvalue weighted by Gasteiger charge is -2.48. The van der Waals surface area contributed by atoms with Gasteiger partial charge in [-0.1, -0.05) is 131 Å². The molecule has 0 saturated heterocycles. The van der Waals surface area contributed by atoms with Gasteiger partial charge in [-0.05, 0) is 38.3 Å². The molecule has 1 nitrogen and oxygen atoms in total. The Labute approximate surface area is 189 Å². The van der Waals surface area contributed by atoms with Crippen molar-refractivity contribution < 1.29 is 5.11 Å². The minimum atomic E-state index is -1.40. The van der Waals surface area contributed by atoms with E-state index in [1.165, 1.54) is 0 Å². The number of alkyl halides is 9. The summed E-state index contributed by atoms with van der Waals surface area (Å²) in [6.07, 6.45) is 3.17. The molecule has 1 atom stereocenters. The zero-order valence-corrected chi connectivity index (χ0v) is 23.8. The van der Waals surface area contributed by atoms with Crippen LogP contribution in [0.3, 0.4) is 0 Å². The van der Waals surface area contributed by atoms with Crippen molar-refractivity contribution in [3.05, 3.63) is 0 Å². The summed E-state index contributed by atoms with van der Waals surface area (Å²) in [6.45, 7) is 2.15. The summed E-state index contributed by atoms with van der Waals surface area (Å²) < 4.78 is -3.77. The lowest BCUT2D eigenvalue weighted by atomic mass is 10.1. The standard InChI is InChI=1S/C9H11Br9O/c1-2-3-4-5(10)6(11,12)7(13,14)8(15,16)9(17,18)19/h5,19H,2-4H2,1H3. The Bertz CT molecular complexity index is 297. The molecule has 19 heavy (non-hydrogen) atoms. The summed E-state index contributed by atoms with van der Waals surface area (Å²) in [4.78, 5) is 0.107. The third kappa shape index (κ3) is 5.38. The summed E-state index contributed by atoms with van der Waals surface area (Å²) >= 11 is 31.7. The fourth-order valence-electron chi connectivity index (χ4n) is 1.16. The minimum absolute atomic E-state index is 0.107. The molecule has 0 aromatic heterocycles. The van der Waals surface area contributed by atoms with E-state index in [1.807, 2.05) is 0 Å². The normalized spacial score (nSPS) is 16.6. The molecule has 1 unspecified atom stereocenters. The Morgan fingerprint density at radius 3 is 1.63 bits per heavy atom. The molecule has 0 heterocycles. The molecule has 0 aliphatic carbocycles. The maximum Gasteiger partial charge on any atom is 0.202 e. The van der Waals surface area contributed by atoms with Crippen molar-refractivity contribution >= 4 is 143 Å². The van der Waals surface area contributed by atoms with Crippen LogP contribution in [0.4, 0.5) is 0 Å². The van der Waals surface area contributed by atoms with E-state index in [1.54, 1.807) is 0 Å². The van der Waals surface area contributed by atoms with Crippen molar-refractivity contribution in [2.75, 3.05) is 0 Å². The molecule has 0 aliphatic heterocycles. The highest BCUT2D eigenvalue weighted by Gasteiger charge is 2.66. The highest BCUT2D eigenvalue weighted by atomic mass is 79.9. The summed E-state index contributed by atoms with van der Waals surface area (Å²) in [7, 11) is 0. The first-order chi connectivity index (χ1) is 8.23. The number of hydrogen-bond donors (Lipinski definition) is 1. The molecule has 0 spiro atoms. The van der Waals surface area contributed by atoms with Gasteiger partial charge in [-0.2, -0.15) is 0 Å². The predicted octanol–water partition coefficient (Wildman–Crippen LogP) is 7.83. The van der Waals surface area contributed by atoms with Crippen molar-refractivity contribution in [3.63, 3.8) is 0 Å². The highest BCUT2D eigenvalue weighted by molar-refractivity contribution is 9.34. The number of hydrogen-bond acceptors (Lipinski definition) is 1. The van der Waals surface area contributed by atoms with Crippen LogP contribution in [-0.2, 0) is 0 Å². The van der Waals surface area contributed by atoms with Crippen LogP contribution < -0.4 is 0 Å². The van der Waals surface area contributed by atoms with Gasteiger partial charge >= 0.3 is 0 Å². The Balaban J connectivity index is 5.38. The lowest BCUT2D eigenvalue weighted by molar-refractivity contribution is 0.229.